The van der Waals surface area contributed by atoms with Crippen LogP contribution in [-0.2, 0) is 18.4 Å². The third kappa shape index (κ3) is 33.3. The maximum absolute atomic E-state index is 12.7. The average Bonchev–Trinajstić information content (AvgIpc) is 3.05. The van der Waals surface area contributed by atoms with Crippen LogP contribution in [0.3, 0.4) is 0 Å². The van der Waals surface area contributed by atoms with Crippen LogP contribution in [0.15, 0.2) is 24.3 Å². The van der Waals surface area contributed by atoms with Gasteiger partial charge < -0.3 is 21.1 Å². The van der Waals surface area contributed by atoms with Crippen LogP contribution in [0.2, 0.25) is 0 Å². The Hall–Kier alpha value is -1.02. The van der Waals surface area contributed by atoms with Crippen molar-refractivity contribution in [2.45, 2.75) is 193 Å². The van der Waals surface area contributed by atoms with Crippen molar-refractivity contribution < 1.29 is 28.4 Å². The highest BCUT2D eigenvalue weighted by atomic mass is 31.2. The number of phosphoric ester groups is 1. The van der Waals surface area contributed by atoms with Crippen molar-refractivity contribution in [1.82, 2.24) is 5.32 Å². The fourth-order valence-corrected chi connectivity index (χ4v) is 6.34. The van der Waals surface area contributed by atoms with Crippen LogP contribution in [0.1, 0.15) is 181 Å². The van der Waals surface area contributed by atoms with E-state index in [0.29, 0.717) is 12.8 Å². The lowest BCUT2D eigenvalue weighted by Crippen LogP contribution is -2.46. The minimum Gasteiger partial charge on any atom is -0.391 e. The Morgan fingerprint density at radius 2 is 1.17 bits per heavy atom. The first-order valence-electron chi connectivity index (χ1n) is 19.5. The molecule has 0 saturated carbocycles. The number of nitrogens with one attached hydrogen (secondary N) is 1. The third-order valence-corrected chi connectivity index (χ3v) is 9.54. The molecule has 0 aromatic carbocycles. The van der Waals surface area contributed by atoms with Crippen molar-refractivity contribution in [3.63, 3.8) is 0 Å². The van der Waals surface area contributed by atoms with Gasteiger partial charge in [0.2, 0.25) is 5.91 Å². The summed E-state index contributed by atoms with van der Waals surface area (Å²) in [4.78, 5) is 22.6. The number of phosphoric acid groups is 1. The molecule has 0 rings (SSSR count). The van der Waals surface area contributed by atoms with Gasteiger partial charge in [0.25, 0.3) is 0 Å². The van der Waals surface area contributed by atoms with Crippen molar-refractivity contribution >= 4 is 13.7 Å². The molecule has 0 radical (unpaired) electrons. The molecule has 5 N–H and O–H groups in total. The lowest BCUT2D eigenvalue weighted by Gasteiger charge is -2.25. The van der Waals surface area contributed by atoms with Gasteiger partial charge in [-0.15, -0.1) is 0 Å². The zero-order valence-electron chi connectivity index (χ0n) is 30.5. The number of carbonyl (C=O) groups is 1. The van der Waals surface area contributed by atoms with Gasteiger partial charge in [-0.1, -0.05) is 154 Å². The number of amides is 1. The number of hydrogen-bond acceptors (Lipinski definition) is 6. The minimum atomic E-state index is -4.31. The maximum Gasteiger partial charge on any atom is 0.472 e. The zero-order valence-corrected chi connectivity index (χ0v) is 31.4. The quantitative estimate of drug-likeness (QED) is 0.0293. The highest BCUT2D eigenvalue weighted by Crippen LogP contribution is 2.43. The molecular formula is C38H75N2O6P. The summed E-state index contributed by atoms with van der Waals surface area (Å²) in [7, 11) is -4.31. The Kier molecular flexibility index (Phi) is 34.1. The van der Waals surface area contributed by atoms with Crippen molar-refractivity contribution in [1.29, 1.82) is 0 Å². The molecule has 278 valence electrons. The molecule has 47 heavy (non-hydrogen) atoms. The first-order valence-corrected chi connectivity index (χ1v) is 20.9. The van der Waals surface area contributed by atoms with E-state index in [9.17, 15) is 19.4 Å². The van der Waals surface area contributed by atoms with E-state index >= 15 is 0 Å². The van der Waals surface area contributed by atoms with Gasteiger partial charge >= 0.3 is 7.82 Å². The first-order chi connectivity index (χ1) is 22.9. The van der Waals surface area contributed by atoms with E-state index in [2.05, 4.69) is 43.5 Å². The number of hydrogen-bond donors (Lipinski definition) is 4. The number of aliphatic hydroxyl groups excluding tert-OH is 1. The fraction of sp³-hybridized carbons (Fsp3) is 0.868. The smallest absolute Gasteiger partial charge is 0.391 e. The summed E-state index contributed by atoms with van der Waals surface area (Å²) in [6, 6.07) is -0.778. The van der Waals surface area contributed by atoms with Crippen molar-refractivity contribution in [2.24, 2.45) is 5.73 Å². The molecule has 0 aromatic heterocycles. The largest absolute Gasteiger partial charge is 0.472 e. The molecule has 3 unspecified atom stereocenters. The molecule has 9 heteroatoms. The lowest BCUT2D eigenvalue weighted by atomic mass is 10.0. The topological polar surface area (TPSA) is 131 Å². The van der Waals surface area contributed by atoms with Gasteiger partial charge in [-0.25, -0.2) is 4.57 Å². The molecule has 1 amide bonds. The SMILES string of the molecule is CCCCCC/C=C\C/C=C\CCCCCCCC(=O)NC(COP(=O)(O)OCCN)C(O)CCCCCCCCCCCCCC. The van der Waals surface area contributed by atoms with Gasteiger partial charge in [-0.05, 0) is 44.9 Å². The summed E-state index contributed by atoms with van der Waals surface area (Å²) in [6.45, 7) is 4.16. The van der Waals surface area contributed by atoms with Crippen LogP contribution in [0.5, 0.6) is 0 Å². The molecular weight excluding hydrogens is 611 g/mol. The van der Waals surface area contributed by atoms with Gasteiger partial charge in [-0.2, -0.15) is 0 Å². The lowest BCUT2D eigenvalue weighted by molar-refractivity contribution is -0.123. The normalized spacial score (nSPS) is 14.6. The molecule has 3 atom stereocenters. The van der Waals surface area contributed by atoms with Crippen LogP contribution in [0, 0.1) is 0 Å². The molecule has 0 aliphatic carbocycles. The highest BCUT2D eigenvalue weighted by molar-refractivity contribution is 7.47. The van der Waals surface area contributed by atoms with Gasteiger partial charge in [-0.3, -0.25) is 13.8 Å². The van der Waals surface area contributed by atoms with E-state index in [4.69, 9.17) is 14.8 Å². The maximum atomic E-state index is 12.7. The second-order valence-corrected chi connectivity index (χ2v) is 14.6. The number of unbranched alkanes of at least 4 members (excludes halogenated alkanes) is 20. The summed E-state index contributed by atoms with van der Waals surface area (Å²) in [5.74, 6) is -0.177. The predicted molar refractivity (Wildman–Crippen MR) is 198 cm³/mol. The number of allylic oxidation sites excluding steroid dienone is 4. The van der Waals surface area contributed by atoms with E-state index in [-0.39, 0.29) is 25.7 Å². The molecule has 0 heterocycles. The highest BCUT2D eigenvalue weighted by Gasteiger charge is 2.27. The number of rotatable bonds is 36. The summed E-state index contributed by atoms with van der Waals surface area (Å²) in [5, 5.41) is 13.7. The summed E-state index contributed by atoms with van der Waals surface area (Å²) < 4.78 is 22.1. The van der Waals surface area contributed by atoms with Crippen molar-refractivity contribution in [2.75, 3.05) is 19.8 Å². The molecule has 0 saturated heterocycles. The van der Waals surface area contributed by atoms with Crippen LogP contribution >= 0.6 is 7.82 Å². The molecule has 0 bridgehead atoms. The monoisotopic (exact) mass is 687 g/mol. The Bertz CT molecular complexity index is 794. The predicted octanol–water partition coefficient (Wildman–Crippen LogP) is 10.2. The van der Waals surface area contributed by atoms with Gasteiger partial charge in [0.15, 0.2) is 0 Å². The average molecular weight is 687 g/mol. The van der Waals surface area contributed by atoms with E-state index in [1.807, 2.05) is 0 Å². The number of nitrogens with two attached hydrogens (primary N) is 1. The molecule has 8 nitrogen and oxygen atoms in total. The minimum absolute atomic E-state index is 0.0866. The van der Waals surface area contributed by atoms with Gasteiger partial charge in [0.1, 0.15) is 0 Å². The molecule has 0 fully saturated rings. The fourth-order valence-electron chi connectivity index (χ4n) is 5.58. The van der Waals surface area contributed by atoms with Crippen molar-refractivity contribution in [3.8, 4) is 0 Å². The van der Waals surface area contributed by atoms with E-state index in [0.717, 1.165) is 64.2 Å². The Balaban J connectivity index is 4.26. The second kappa shape index (κ2) is 34.8. The van der Waals surface area contributed by atoms with Crippen LogP contribution in [-0.4, -0.2) is 47.8 Å². The zero-order chi connectivity index (χ0) is 34.7. The summed E-state index contributed by atoms with van der Waals surface area (Å²) >= 11 is 0. The molecule has 0 spiro atoms. The van der Waals surface area contributed by atoms with Crippen LogP contribution in [0.25, 0.3) is 0 Å². The Labute approximate surface area is 289 Å². The summed E-state index contributed by atoms with van der Waals surface area (Å²) in [6.07, 6.45) is 37.5. The number of aliphatic hydroxyl groups is 1. The van der Waals surface area contributed by atoms with E-state index in [1.54, 1.807) is 0 Å². The van der Waals surface area contributed by atoms with Crippen LogP contribution in [0.4, 0.5) is 0 Å². The Morgan fingerprint density at radius 3 is 1.70 bits per heavy atom. The second-order valence-electron chi connectivity index (χ2n) is 13.1. The summed E-state index contributed by atoms with van der Waals surface area (Å²) in [5.41, 5.74) is 5.36. The van der Waals surface area contributed by atoms with E-state index < -0.39 is 20.0 Å². The molecule has 0 aliphatic rings. The van der Waals surface area contributed by atoms with Gasteiger partial charge in [0, 0.05) is 13.0 Å². The first kappa shape index (κ1) is 46.0. The van der Waals surface area contributed by atoms with E-state index in [1.165, 1.54) is 89.9 Å². The van der Waals surface area contributed by atoms with Gasteiger partial charge in [0.05, 0.1) is 25.4 Å². The molecule has 0 aliphatic heterocycles. The standard InChI is InChI=1S/C38H75N2O6P/c1-3-5-7-9-11-13-15-17-18-19-20-22-24-26-28-30-32-38(42)40-36(35-46-47(43,44)45-34-33-39)37(41)31-29-27-25-23-21-16-14-12-10-8-6-4-2/h13,15,18-19,36-37,41H,3-12,14,16-17,20-35,39H2,1-2H3,(H,40,42)(H,43,44)/b15-13-,19-18-. The van der Waals surface area contributed by atoms with Crippen molar-refractivity contribution in [3.05, 3.63) is 24.3 Å². The van der Waals surface area contributed by atoms with Crippen LogP contribution < -0.4 is 11.1 Å². The number of carbonyl (C=O) groups excluding carboxylic acids is 1. The third-order valence-electron chi connectivity index (χ3n) is 8.56. The Morgan fingerprint density at radius 1 is 0.702 bits per heavy atom. The molecule has 0 aromatic rings.